The lowest BCUT2D eigenvalue weighted by molar-refractivity contribution is 0.475. The lowest BCUT2D eigenvalue weighted by Crippen LogP contribution is -2.35. The molecule has 0 amide bonds. The first kappa shape index (κ1) is 12.3. The van der Waals surface area contributed by atoms with Gasteiger partial charge in [0.25, 0.3) is 0 Å². The standard InChI is InChI=1S/C13H16N2OS/c14-9-11-1-3-12(4-2-11)10-15-13-5-7-17(16)8-6-13/h1-4,13,15H,5-8,10H2. The van der Waals surface area contributed by atoms with E-state index in [2.05, 4.69) is 11.4 Å². The lowest BCUT2D eigenvalue weighted by Gasteiger charge is -2.22. The number of nitrogens with one attached hydrogen (secondary N) is 1. The summed E-state index contributed by atoms with van der Waals surface area (Å²) in [4.78, 5) is 0. The lowest BCUT2D eigenvalue weighted by atomic mass is 10.1. The Kier molecular flexibility index (Phi) is 4.29. The van der Waals surface area contributed by atoms with E-state index >= 15 is 0 Å². The molecule has 1 aliphatic heterocycles. The minimum absolute atomic E-state index is 0.489. The number of benzene rings is 1. The predicted molar refractivity (Wildman–Crippen MR) is 68.9 cm³/mol. The van der Waals surface area contributed by atoms with E-state index in [0.717, 1.165) is 30.9 Å². The van der Waals surface area contributed by atoms with Crippen LogP contribution >= 0.6 is 0 Å². The maximum absolute atomic E-state index is 11.2. The molecule has 1 aromatic rings. The first-order chi connectivity index (χ1) is 8.28. The molecule has 4 heteroatoms. The fourth-order valence-corrected chi connectivity index (χ4v) is 3.26. The largest absolute Gasteiger partial charge is 0.310 e. The zero-order valence-electron chi connectivity index (χ0n) is 9.69. The highest BCUT2D eigenvalue weighted by Gasteiger charge is 2.16. The van der Waals surface area contributed by atoms with E-state index in [1.165, 1.54) is 5.56 Å². The van der Waals surface area contributed by atoms with Gasteiger partial charge in [-0.3, -0.25) is 4.21 Å². The van der Waals surface area contributed by atoms with Gasteiger partial charge in [-0.15, -0.1) is 0 Å². The van der Waals surface area contributed by atoms with E-state index in [9.17, 15) is 4.21 Å². The van der Waals surface area contributed by atoms with E-state index in [-0.39, 0.29) is 0 Å². The van der Waals surface area contributed by atoms with E-state index in [1.54, 1.807) is 0 Å². The average Bonchev–Trinajstić information content (AvgIpc) is 2.39. The van der Waals surface area contributed by atoms with Gasteiger partial charge in [0.2, 0.25) is 0 Å². The first-order valence-corrected chi connectivity index (χ1v) is 7.34. The number of hydrogen-bond donors (Lipinski definition) is 1. The molecule has 0 unspecified atom stereocenters. The second-order valence-electron chi connectivity index (χ2n) is 4.31. The van der Waals surface area contributed by atoms with Gasteiger partial charge in [-0.05, 0) is 30.5 Å². The highest BCUT2D eigenvalue weighted by Crippen LogP contribution is 2.10. The highest BCUT2D eigenvalue weighted by molar-refractivity contribution is 7.85. The van der Waals surface area contributed by atoms with Crippen molar-refractivity contribution in [3.05, 3.63) is 35.4 Å². The molecule has 3 nitrogen and oxygen atoms in total. The van der Waals surface area contributed by atoms with Crippen LogP contribution in [0.2, 0.25) is 0 Å². The third-order valence-corrected chi connectivity index (χ3v) is 4.45. The summed E-state index contributed by atoms with van der Waals surface area (Å²) in [6, 6.07) is 10.2. The zero-order valence-corrected chi connectivity index (χ0v) is 10.5. The summed E-state index contributed by atoms with van der Waals surface area (Å²) >= 11 is 0. The van der Waals surface area contributed by atoms with Crippen molar-refractivity contribution in [1.29, 1.82) is 5.26 Å². The number of nitrogens with zero attached hydrogens (tertiary/aromatic N) is 1. The third kappa shape index (κ3) is 3.65. The second-order valence-corrected chi connectivity index (χ2v) is 6.01. The normalized spacial score (nSPS) is 24.2. The third-order valence-electron chi connectivity index (χ3n) is 3.07. The molecule has 0 saturated carbocycles. The predicted octanol–water partition coefficient (Wildman–Crippen LogP) is 1.56. The molecular weight excluding hydrogens is 232 g/mol. The molecule has 1 aliphatic rings. The Bertz CT molecular complexity index is 426. The van der Waals surface area contributed by atoms with Crippen molar-refractivity contribution in [1.82, 2.24) is 5.32 Å². The fourth-order valence-electron chi connectivity index (χ4n) is 1.96. The molecule has 0 bridgehead atoms. The average molecular weight is 248 g/mol. The first-order valence-electron chi connectivity index (χ1n) is 5.85. The molecule has 90 valence electrons. The molecule has 1 N–H and O–H groups in total. The molecule has 0 spiro atoms. The Labute approximate surface area is 104 Å². The quantitative estimate of drug-likeness (QED) is 0.883. The Morgan fingerprint density at radius 1 is 1.29 bits per heavy atom. The van der Waals surface area contributed by atoms with Crippen LogP contribution in [0.5, 0.6) is 0 Å². The minimum atomic E-state index is -0.589. The Morgan fingerprint density at radius 3 is 2.53 bits per heavy atom. The Balaban J connectivity index is 1.81. The van der Waals surface area contributed by atoms with Crippen LogP contribution in [-0.4, -0.2) is 21.8 Å². The monoisotopic (exact) mass is 248 g/mol. The molecule has 1 heterocycles. The summed E-state index contributed by atoms with van der Waals surface area (Å²) in [5.41, 5.74) is 1.89. The Morgan fingerprint density at radius 2 is 1.94 bits per heavy atom. The van der Waals surface area contributed by atoms with E-state index < -0.39 is 10.8 Å². The molecule has 0 aromatic heterocycles. The van der Waals surface area contributed by atoms with Crippen molar-refractivity contribution >= 4 is 10.8 Å². The minimum Gasteiger partial charge on any atom is -0.310 e. The van der Waals surface area contributed by atoms with Crippen LogP contribution in [0, 0.1) is 11.3 Å². The van der Waals surface area contributed by atoms with E-state index in [0.29, 0.717) is 11.6 Å². The molecular formula is C13H16N2OS. The van der Waals surface area contributed by atoms with Gasteiger partial charge in [0, 0.05) is 34.9 Å². The van der Waals surface area contributed by atoms with Gasteiger partial charge >= 0.3 is 0 Å². The summed E-state index contributed by atoms with van der Waals surface area (Å²) in [5.74, 6) is 1.65. The maximum Gasteiger partial charge on any atom is 0.0991 e. The number of hydrogen-bond acceptors (Lipinski definition) is 3. The van der Waals surface area contributed by atoms with Gasteiger partial charge in [-0.2, -0.15) is 5.26 Å². The van der Waals surface area contributed by atoms with Crippen LogP contribution in [0.3, 0.4) is 0 Å². The molecule has 2 rings (SSSR count). The van der Waals surface area contributed by atoms with Crippen molar-refractivity contribution in [3.8, 4) is 6.07 Å². The van der Waals surface area contributed by atoms with Gasteiger partial charge in [0.1, 0.15) is 0 Å². The van der Waals surface area contributed by atoms with E-state index in [4.69, 9.17) is 5.26 Å². The van der Waals surface area contributed by atoms with Crippen LogP contribution in [0.1, 0.15) is 24.0 Å². The van der Waals surface area contributed by atoms with Crippen molar-refractivity contribution in [3.63, 3.8) is 0 Å². The van der Waals surface area contributed by atoms with Gasteiger partial charge in [-0.1, -0.05) is 12.1 Å². The van der Waals surface area contributed by atoms with Crippen LogP contribution in [0.4, 0.5) is 0 Å². The summed E-state index contributed by atoms with van der Waals surface area (Å²) < 4.78 is 11.2. The summed E-state index contributed by atoms with van der Waals surface area (Å²) in [6.07, 6.45) is 2.01. The topological polar surface area (TPSA) is 52.9 Å². The SMILES string of the molecule is N#Cc1ccc(CNC2CCS(=O)CC2)cc1. The summed E-state index contributed by atoms with van der Waals surface area (Å²) in [7, 11) is -0.589. The Hall–Kier alpha value is -1.18. The molecule has 0 radical (unpaired) electrons. The van der Waals surface area contributed by atoms with Crippen LogP contribution < -0.4 is 5.32 Å². The summed E-state index contributed by atoms with van der Waals surface area (Å²) in [5, 5.41) is 12.2. The van der Waals surface area contributed by atoms with Crippen molar-refractivity contribution in [2.75, 3.05) is 11.5 Å². The highest BCUT2D eigenvalue weighted by atomic mass is 32.2. The van der Waals surface area contributed by atoms with E-state index in [1.807, 2.05) is 24.3 Å². The van der Waals surface area contributed by atoms with Crippen molar-refractivity contribution < 1.29 is 4.21 Å². The maximum atomic E-state index is 11.2. The zero-order chi connectivity index (χ0) is 12.1. The van der Waals surface area contributed by atoms with Crippen LogP contribution in [0.15, 0.2) is 24.3 Å². The smallest absolute Gasteiger partial charge is 0.0991 e. The number of nitriles is 1. The second kappa shape index (κ2) is 5.95. The van der Waals surface area contributed by atoms with Crippen LogP contribution in [0.25, 0.3) is 0 Å². The van der Waals surface area contributed by atoms with Crippen molar-refractivity contribution in [2.45, 2.75) is 25.4 Å². The summed E-state index contributed by atoms with van der Waals surface area (Å²) in [6.45, 7) is 0.822. The molecule has 17 heavy (non-hydrogen) atoms. The molecule has 0 atom stereocenters. The molecule has 0 aliphatic carbocycles. The van der Waals surface area contributed by atoms with Crippen LogP contribution in [-0.2, 0) is 17.3 Å². The van der Waals surface area contributed by atoms with Gasteiger partial charge < -0.3 is 5.32 Å². The molecule has 1 saturated heterocycles. The van der Waals surface area contributed by atoms with Crippen molar-refractivity contribution in [2.24, 2.45) is 0 Å². The molecule has 1 fully saturated rings. The fraction of sp³-hybridized carbons (Fsp3) is 0.462. The number of rotatable bonds is 3. The van der Waals surface area contributed by atoms with Gasteiger partial charge in [0.05, 0.1) is 11.6 Å². The van der Waals surface area contributed by atoms with Gasteiger partial charge in [0.15, 0.2) is 0 Å². The molecule has 1 aromatic carbocycles. The van der Waals surface area contributed by atoms with Gasteiger partial charge in [-0.25, -0.2) is 0 Å².